The van der Waals surface area contributed by atoms with Crippen molar-refractivity contribution in [2.24, 2.45) is 5.92 Å². The first-order valence-electron chi connectivity index (χ1n) is 9.20. The zero-order valence-electron chi connectivity index (χ0n) is 13.9. The lowest BCUT2D eigenvalue weighted by Gasteiger charge is -2.36. The van der Waals surface area contributed by atoms with Crippen LogP contribution in [0.2, 0.25) is 0 Å². The average Bonchev–Trinajstić information content (AvgIpc) is 2.64. The molecule has 0 spiro atoms. The summed E-state index contributed by atoms with van der Waals surface area (Å²) in [7, 11) is 0. The van der Waals surface area contributed by atoms with Gasteiger partial charge < -0.3 is 0 Å². The Labute approximate surface area is 139 Å². The number of hydrogen-bond acceptors (Lipinski definition) is 2. The molecule has 2 aliphatic carbocycles. The van der Waals surface area contributed by atoms with Crippen LogP contribution in [0.5, 0.6) is 0 Å². The Morgan fingerprint density at radius 2 is 1.35 bits per heavy atom. The van der Waals surface area contributed by atoms with E-state index in [9.17, 15) is 9.59 Å². The third-order valence-electron chi connectivity index (χ3n) is 5.37. The number of carbonyl (C=O) groups is 2. The minimum atomic E-state index is -0.0897. The summed E-state index contributed by atoms with van der Waals surface area (Å²) in [5.41, 5.74) is 0.641. The molecular formula is C20H27NO2. The van der Waals surface area contributed by atoms with E-state index < -0.39 is 0 Å². The first-order valence-corrected chi connectivity index (χ1v) is 9.20. The van der Waals surface area contributed by atoms with Crippen molar-refractivity contribution in [3.05, 3.63) is 35.9 Å². The zero-order chi connectivity index (χ0) is 16.1. The minimum absolute atomic E-state index is 0.0540. The van der Waals surface area contributed by atoms with Crippen molar-refractivity contribution >= 4 is 11.8 Å². The van der Waals surface area contributed by atoms with Crippen LogP contribution in [-0.4, -0.2) is 22.8 Å². The molecule has 2 aliphatic rings. The van der Waals surface area contributed by atoms with E-state index in [1.807, 2.05) is 30.3 Å². The summed E-state index contributed by atoms with van der Waals surface area (Å²) in [6, 6.07) is 9.41. The first kappa shape index (κ1) is 16.2. The third-order valence-corrected chi connectivity index (χ3v) is 5.37. The summed E-state index contributed by atoms with van der Waals surface area (Å²) < 4.78 is 0. The largest absolute Gasteiger partial charge is 0.275 e. The Balaban J connectivity index is 1.83. The van der Waals surface area contributed by atoms with E-state index in [1.54, 1.807) is 4.90 Å². The van der Waals surface area contributed by atoms with Gasteiger partial charge in [0.1, 0.15) is 0 Å². The topological polar surface area (TPSA) is 37.4 Å². The maximum absolute atomic E-state index is 13.1. The lowest BCUT2D eigenvalue weighted by atomic mass is 9.86. The van der Waals surface area contributed by atoms with Crippen molar-refractivity contribution in [3.63, 3.8) is 0 Å². The number of benzene rings is 1. The number of hydrogen-bond donors (Lipinski definition) is 0. The zero-order valence-corrected chi connectivity index (χ0v) is 13.9. The maximum atomic E-state index is 13.1. The molecule has 2 saturated carbocycles. The van der Waals surface area contributed by atoms with Crippen molar-refractivity contribution in [2.45, 2.75) is 70.3 Å². The molecule has 1 aromatic carbocycles. The van der Waals surface area contributed by atoms with E-state index in [0.717, 1.165) is 51.4 Å². The fourth-order valence-corrected chi connectivity index (χ4v) is 4.05. The summed E-state index contributed by atoms with van der Waals surface area (Å²) in [6.07, 6.45) is 10.8. The molecule has 23 heavy (non-hydrogen) atoms. The van der Waals surface area contributed by atoms with Crippen LogP contribution in [0.25, 0.3) is 0 Å². The highest BCUT2D eigenvalue weighted by Gasteiger charge is 2.35. The Bertz CT molecular complexity index is 528. The molecule has 0 atom stereocenters. The van der Waals surface area contributed by atoms with Crippen LogP contribution in [-0.2, 0) is 4.79 Å². The molecule has 3 rings (SSSR count). The van der Waals surface area contributed by atoms with Gasteiger partial charge in [-0.25, -0.2) is 0 Å². The fourth-order valence-electron chi connectivity index (χ4n) is 4.05. The fraction of sp³-hybridized carbons (Fsp3) is 0.600. The van der Waals surface area contributed by atoms with Crippen molar-refractivity contribution in [1.82, 2.24) is 4.90 Å². The van der Waals surface area contributed by atoms with Gasteiger partial charge in [-0.1, -0.05) is 56.7 Å². The summed E-state index contributed by atoms with van der Waals surface area (Å²) in [5, 5.41) is 0. The van der Waals surface area contributed by atoms with Crippen LogP contribution in [0.4, 0.5) is 0 Å². The van der Waals surface area contributed by atoms with Crippen LogP contribution in [0, 0.1) is 5.92 Å². The molecule has 3 heteroatoms. The summed E-state index contributed by atoms with van der Waals surface area (Å²) in [4.78, 5) is 27.8. The van der Waals surface area contributed by atoms with Crippen molar-refractivity contribution < 1.29 is 9.59 Å². The van der Waals surface area contributed by atoms with Gasteiger partial charge >= 0.3 is 0 Å². The molecule has 1 aromatic rings. The maximum Gasteiger partial charge on any atom is 0.260 e. The molecular weight excluding hydrogens is 286 g/mol. The molecule has 3 nitrogen and oxygen atoms in total. The molecule has 0 unspecified atom stereocenters. The highest BCUT2D eigenvalue weighted by Crippen LogP contribution is 2.30. The van der Waals surface area contributed by atoms with Crippen molar-refractivity contribution in [2.75, 3.05) is 0 Å². The van der Waals surface area contributed by atoms with Crippen LogP contribution >= 0.6 is 0 Å². The summed E-state index contributed by atoms with van der Waals surface area (Å²) in [5.74, 6) is 0.0527. The summed E-state index contributed by atoms with van der Waals surface area (Å²) in [6.45, 7) is 0. The monoisotopic (exact) mass is 313 g/mol. The average molecular weight is 313 g/mol. The third kappa shape index (κ3) is 3.82. The van der Waals surface area contributed by atoms with Gasteiger partial charge in [-0.05, 0) is 37.8 Å². The second-order valence-electron chi connectivity index (χ2n) is 7.01. The van der Waals surface area contributed by atoms with Gasteiger partial charge in [0.2, 0.25) is 5.91 Å². The SMILES string of the molecule is O=C(c1ccccc1)N(C(=O)C1CCCCC1)C1CCCCC1. The standard InChI is InChI=1S/C20H27NO2/c22-19(16-10-4-1-5-11-16)21(18-14-8-3-9-15-18)20(23)17-12-6-2-7-13-17/h1,4-5,10-11,17-18H,2-3,6-9,12-15H2. The van der Waals surface area contributed by atoms with Crippen LogP contribution in [0.1, 0.15) is 74.6 Å². The molecule has 0 heterocycles. The minimum Gasteiger partial charge on any atom is -0.275 e. The molecule has 2 amide bonds. The van der Waals surface area contributed by atoms with E-state index in [2.05, 4.69) is 0 Å². The quantitative estimate of drug-likeness (QED) is 0.767. The lowest BCUT2D eigenvalue weighted by molar-refractivity contribution is -0.136. The molecule has 0 N–H and O–H groups in total. The molecule has 0 radical (unpaired) electrons. The predicted molar refractivity (Wildman–Crippen MR) is 91.1 cm³/mol. The van der Waals surface area contributed by atoms with E-state index in [-0.39, 0.29) is 23.8 Å². The van der Waals surface area contributed by atoms with Crippen molar-refractivity contribution in [3.8, 4) is 0 Å². The van der Waals surface area contributed by atoms with E-state index >= 15 is 0 Å². The number of amides is 2. The van der Waals surface area contributed by atoms with Crippen LogP contribution < -0.4 is 0 Å². The van der Waals surface area contributed by atoms with Gasteiger partial charge in [0, 0.05) is 17.5 Å². The normalized spacial score (nSPS) is 20.2. The van der Waals surface area contributed by atoms with Gasteiger partial charge in [-0.3, -0.25) is 14.5 Å². The second-order valence-corrected chi connectivity index (χ2v) is 7.01. The van der Waals surface area contributed by atoms with E-state index in [0.29, 0.717) is 5.56 Å². The molecule has 0 aliphatic heterocycles. The number of nitrogens with zero attached hydrogens (tertiary/aromatic N) is 1. The van der Waals surface area contributed by atoms with Gasteiger partial charge in [0.05, 0.1) is 0 Å². The highest BCUT2D eigenvalue weighted by molar-refractivity contribution is 6.05. The van der Waals surface area contributed by atoms with E-state index in [4.69, 9.17) is 0 Å². The Morgan fingerprint density at radius 1 is 0.783 bits per heavy atom. The summed E-state index contributed by atoms with van der Waals surface area (Å²) >= 11 is 0. The molecule has 0 bridgehead atoms. The second kappa shape index (κ2) is 7.76. The van der Waals surface area contributed by atoms with Gasteiger partial charge in [-0.2, -0.15) is 0 Å². The first-order chi connectivity index (χ1) is 11.3. The lowest BCUT2D eigenvalue weighted by Crippen LogP contribution is -2.48. The Hall–Kier alpha value is -1.64. The van der Waals surface area contributed by atoms with Gasteiger partial charge in [0.15, 0.2) is 0 Å². The smallest absolute Gasteiger partial charge is 0.260 e. The molecule has 0 saturated heterocycles. The molecule has 2 fully saturated rings. The Kier molecular flexibility index (Phi) is 5.47. The predicted octanol–water partition coefficient (Wildman–Crippen LogP) is 4.57. The van der Waals surface area contributed by atoms with Gasteiger partial charge in [0.25, 0.3) is 5.91 Å². The Morgan fingerprint density at radius 3 is 1.96 bits per heavy atom. The van der Waals surface area contributed by atoms with E-state index in [1.165, 1.54) is 12.8 Å². The molecule has 0 aromatic heterocycles. The number of rotatable bonds is 3. The highest BCUT2D eigenvalue weighted by atomic mass is 16.2. The number of imide groups is 1. The molecule has 124 valence electrons. The number of carbonyl (C=O) groups excluding carboxylic acids is 2. The van der Waals surface area contributed by atoms with Gasteiger partial charge in [-0.15, -0.1) is 0 Å². The van der Waals surface area contributed by atoms with Crippen LogP contribution in [0.15, 0.2) is 30.3 Å². The van der Waals surface area contributed by atoms with Crippen LogP contribution in [0.3, 0.4) is 0 Å². The van der Waals surface area contributed by atoms with Crippen molar-refractivity contribution in [1.29, 1.82) is 0 Å².